The number of methoxy groups -OCH3 is 2. The predicted octanol–water partition coefficient (Wildman–Crippen LogP) is 3.34. The van der Waals surface area contributed by atoms with Crippen LogP contribution in [-0.4, -0.2) is 64.9 Å². The zero-order valence-electron chi connectivity index (χ0n) is 20.2. The molecule has 0 heterocycles. The van der Waals surface area contributed by atoms with Crippen LogP contribution < -0.4 is 18.9 Å². The molecule has 0 amide bonds. The standard InChI is InChI=1S/C23H32O10S2/c1-23(2,19-9-7-17(15-21(19)30-3)32-11-5-13-34(24,25)26)20-10-8-18(16-22(20)31-4)33-12-6-14-35(27,28)29/h7-10,15-16H,5-6,11-14H2,1-4H3,(H,24,25,26)(H,27,28,29). The van der Waals surface area contributed by atoms with E-state index in [1.165, 1.54) is 14.2 Å². The maximum absolute atomic E-state index is 10.8. The topological polar surface area (TPSA) is 146 Å². The summed E-state index contributed by atoms with van der Waals surface area (Å²) in [5.74, 6) is 1.37. The van der Waals surface area contributed by atoms with Crippen molar-refractivity contribution >= 4 is 20.2 Å². The first kappa shape index (κ1) is 28.7. The van der Waals surface area contributed by atoms with Crippen LogP contribution in [0.25, 0.3) is 0 Å². The first-order valence-corrected chi connectivity index (χ1v) is 14.0. The van der Waals surface area contributed by atoms with Gasteiger partial charge in [-0.25, -0.2) is 0 Å². The van der Waals surface area contributed by atoms with E-state index >= 15 is 0 Å². The van der Waals surface area contributed by atoms with E-state index in [0.717, 1.165) is 11.1 Å². The van der Waals surface area contributed by atoms with Gasteiger partial charge in [0.25, 0.3) is 20.2 Å². The van der Waals surface area contributed by atoms with Gasteiger partial charge in [-0.1, -0.05) is 26.0 Å². The zero-order valence-corrected chi connectivity index (χ0v) is 21.8. The van der Waals surface area contributed by atoms with E-state index < -0.39 is 25.7 Å². The molecule has 0 spiro atoms. The van der Waals surface area contributed by atoms with Crippen LogP contribution in [0.4, 0.5) is 0 Å². The summed E-state index contributed by atoms with van der Waals surface area (Å²) >= 11 is 0. The van der Waals surface area contributed by atoms with Gasteiger partial charge in [-0.3, -0.25) is 9.11 Å². The fraction of sp³-hybridized carbons (Fsp3) is 0.478. The maximum Gasteiger partial charge on any atom is 0.264 e. The van der Waals surface area contributed by atoms with E-state index in [1.807, 2.05) is 26.0 Å². The molecule has 2 aromatic rings. The molecule has 0 saturated carbocycles. The maximum atomic E-state index is 10.8. The monoisotopic (exact) mass is 532 g/mol. The molecular formula is C23H32O10S2. The van der Waals surface area contributed by atoms with E-state index in [2.05, 4.69) is 0 Å². The summed E-state index contributed by atoms with van der Waals surface area (Å²) in [7, 11) is -4.98. The third-order valence-corrected chi connectivity index (χ3v) is 6.93. The van der Waals surface area contributed by atoms with Crippen LogP contribution in [0.2, 0.25) is 0 Å². The number of hydrogen-bond donors (Lipinski definition) is 2. The summed E-state index contributed by atoms with van der Waals surface area (Å²) in [5.41, 5.74) is 1.14. The predicted molar refractivity (Wildman–Crippen MR) is 131 cm³/mol. The Morgan fingerprint density at radius 1 is 0.714 bits per heavy atom. The highest BCUT2D eigenvalue weighted by Gasteiger charge is 2.30. The van der Waals surface area contributed by atoms with Gasteiger partial charge < -0.3 is 18.9 Å². The van der Waals surface area contributed by atoms with Crippen LogP contribution in [0.5, 0.6) is 23.0 Å². The van der Waals surface area contributed by atoms with Gasteiger partial charge in [0.2, 0.25) is 0 Å². The summed E-state index contributed by atoms with van der Waals surface area (Å²) in [6, 6.07) is 10.7. The molecule has 0 radical (unpaired) electrons. The first-order valence-electron chi connectivity index (χ1n) is 10.8. The minimum absolute atomic E-state index is 0.116. The highest BCUT2D eigenvalue weighted by Crippen LogP contribution is 2.43. The molecule has 12 heteroatoms. The van der Waals surface area contributed by atoms with E-state index in [1.54, 1.807) is 24.3 Å². The third-order valence-electron chi connectivity index (χ3n) is 5.32. The molecule has 0 fully saturated rings. The Hall–Kier alpha value is -2.54. The molecule has 2 rings (SSSR count). The SMILES string of the molecule is COc1cc(OCCCS(=O)(=O)O)ccc1C(C)(C)c1ccc(OCCCS(=O)(=O)O)cc1OC. The van der Waals surface area contributed by atoms with Crippen LogP contribution in [0.15, 0.2) is 36.4 Å². The molecule has 0 aliphatic heterocycles. The molecule has 0 aliphatic carbocycles. The molecule has 2 aromatic carbocycles. The number of ether oxygens (including phenoxy) is 4. The molecule has 0 saturated heterocycles. The zero-order chi connectivity index (χ0) is 26.3. The van der Waals surface area contributed by atoms with E-state index in [9.17, 15) is 16.8 Å². The molecule has 35 heavy (non-hydrogen) atoms. The van der Waals surface area contributed by atoms with E-state index in [4.69, 9.17) is 28.1 Å². The van der Waals surface area contributed by atoms with Gasteiger partial charge in [0.05, 0.1) is 38.9 Å². The van der Waals surface area contributed by atoms with Crippen molar-refractivity contribution in [2.24, 2.45) is 0 Å². The van der Waals surface area contributed by atoms with Crippen molar-refractivity contribution in [2.45, 2.75) is 32.1 Å². The minimum atomic E-state index is -4.03. The Morgan fingerprint density at radius 3 is 1.40 bits per heavy atom. The van der Waals surface area contributed by atoms with Crippen molar-refractivity contribution in [3.63, 3.8) is 0 Å². The molecule has 0 aromatic heterocycles. The second kappa shape index (κ2) is 11.9. The van der Waals surface area contributed by atoms with Crippen LogP contribution in [0, 0.1) is 0 Å². The summed E-state index contributed by atoms with van der Waals surface area (Å²) in [6.45, 7) is 4.24. The van der Waals surface area contributed by atoms with Gasteiger partial charge in [0.15, 0.2) is 0 Å². The van der Waals surface area contributed by atoms with Gasteiger partial charge in [-0.2, -0.15) is 16.8 Å². The Bertz CT molecular complexity index is 1110. The highest BCUT2D eigenvalue weighted by molar-refractivity contribution is 7.86. The van der Waals surface area contributed by atoms with Crippen molar-refractivity contribution in [2.75, 3.05) is 38.9 Å². The average Bonchev–Trinajstić information content (AvgIpc) is 2.77. The highest BCUT2D eigenvalue weighted by atomic mass is 32.2. The Kier molecular flexibility index (Phi) is 9.78. The third kappa shape index (κ3) is 8.88. The second-order valence-electron chi connectivity index (χ2n) is 8.33. The number of rotatable bonds is 14. The summed E-state index contributed by atoms with van der Waals surface area (Å²) in [6.07, 6.45) is 0.297. The number of benzene rings is 2. The molecule has 0 aliphatic rings. The van der Waals surface area contributed by atoms with E-state index in [0.29, 0.717) is 23.0 Å². The second-order valence-corrected chi connectivity index (χ2v) is 11.5. The normalized spacial score (nSPS) is 12.3. The van der Waals surface area contributed by atoms with Crippen LogP contribution in [0.3, 0.4) is 0 Å². The fourth-order valence-electron chi connectivity index (χ4n) is 3.56. The van der Waals surface area contributed by atoms with Gasteiger partial charge in [-0.05, 0) is 25.0 Å². The summed E-state index contributed by atoms with van der Waals surface area (Å²) in [5, 5.41) is 0. The molecule has 0 bridgehead atoms. The Balaban J connectivity index is 2.20. The van der Waals surface area contributed by atoms with Crippen molar-refractivity contribution in [3.8, 4) is 23.0 Å². The summed E-state index contributed by atoms with van der Waals surface area (Å²) < 4.78 is 83.4. The van der Waals surface area contributed by atoms with Crippen LogP contribution in [0.1, 0.15) is 37.8 Å². The van der Waals surface area contributed by atoms with Gasteiger partial charge in [-0.15, -0.1) is 0 Å². The molecule has 10 nitrogen and oxygen atoms in total. The smallest absolute Gasteiger partial charge is 0.264 e. The lowest BCUT2D eigenvalue weighted by Gasteiger charge is -2.30. The molecule has 0 atom stereocenters. The van der Waals surface area contributed by atoms with Crippen LogP contribution >= 0.6 is 0 Å². The lowest BCUT2D eigenvalue weighted by Crippen LogP contribution is -2.21. The number of hydrogen-bond acceptors (Lipinski definition) is 8. The molecular weight excluding hydrogens is 500 g/mol. The molecule has 2 N–H and O–H groups in total. The first-order chi connectivity index (χ1) is 16.3. The van der Waals surface area contributed by atoms with E-state index in [-0.39, 0.29) is 37.6 Å². The minimum Gasteiger partial charge on any atom is -0.496 e. The lowest BCUT2D eigenvalue weighted by molar-refractivity contribution is 0.311. The van der Waals surface area contributed by atoms with Crippen molar-refractivity contribution < 1.29 is 44.9 Å². The van der Waals surface area contributed by atoms with Crippen molar-refractivity contribution in [1.82, 2.24) is 0 Å². The fourth-order valence-corrected chi connectivity index (χ4v) is 4.53. The van der Waals surface area contributed by atoms with Crippen molar-refractivity contribution in [1.29, 1.82) is 0 Å². The Labute approximate surface area is 206 Å². The van der Waals surface area contributed by atoms with Crippen molar-refractivity contribution in [3.05, 3.63) is 47.5 Å². The van der Waals surface area contributed by atoms with Gasteiger partial charge >= 0.3 is 0 Å². The largest absolute Gasteiger partial charge is 0.496 e. The average molecular weight is 533 g/mol. The van der Waals surface area contributed by atoms with Gasteiger partial charge in [0.1, 0.15) is 23.0 Å². The Morgan fingerprint density at radius 2 is 1.09 bits per heavy atom. The van der Waals surface area contributed by atoms with Gasteiger partial charge in [0, 0.05) is 28.7 Å². The summed E-state index contributed by atoms with van der Waals surface area (Å²) in [4.78, 5) is 0. The van der Waals surface area contributed by atoms with Crippen LogP contribution in [-0.2, 0) is 25.7 Å². The molecule has 196 valence electrons. The molecule has 0 unspecified atom stereocenters. The lowest BCUT2D eigenvalue weighted by atomic mass is 9.77. The quantitative estimate of drug-likeness (QED) is 0.274.